The molecule has 2 N–H and O–H groups in total. The molecule has 1 rings (SSSR count). The lowest BCUT2D eigenvalue weighted by molar-refractivity contribution is 0.439. The lowest BCUT2D eigenvalue weighted by atomic mass is 10.0. The summed E-state index contributed by atoms with van der Waals surface area (Å²) in [6.07, 6.45) is 1.77. The zero-order valence-corrected chi connectivity index (χ0v) is 14.8. The van der Waals surface area contributed by atoms with Crippen molar-refractivity contribution in [3.63, 3.8) is 0 Å². The van der Waals surface area contributed by atoms with Gasteiger partial charge in [0.05, 0.1) is 4.90 Å². The minimum absolute atomic E-state index is 0.395. The topological polar surface area (TPSA) is 58.2 Å². The molecule has 0 aromatic heterocycles. The van der Waals surface area contributed by atoms with E-state index in [0.717, 1.165) is 36.2 Å². The van der Waals surface area contributed by atoms with Crippen LogP contribution in [0.1, 0.15) is 51.7 Å². The molecule has 0 aliphatic rings. The Kier molecular flexibility index (Phi) is 5.82. The van der Waals surface area contributed by atoms with Crippen molar-refractivity contribution in [2.24, 2.45) is 0 Å². The van der Waals surface area contributed by atoms with E-state index in [1.54, 1.807) is 0 Å². The fourth-order valence-corrected chi connectivity index (χ4v) is 4.17. The lowest BCUT2D eigenvalue weighted by Crippen LogP contribution is -2.43. The first-order chi connectivity index (χ1) is 9.63. The monoisotopic (exact) mass is 312 g/mol. The molecular formula is C16H28N2O2S. The summed E-state index contributed by atoms with van der Waals surface area (Å²) in [5.41, 5.74) is 2.07. The number of hydrogen-bond acceptors (Lipinski definition) is 3. The third-order valence-corrected chi connectivity index (χ3v) is 5.61. The molecule has 0 spiro atoms. The second-order valence-electron chi connectivity index (χ2n) is 6.21. The third kappa shape index (κ3) is 4.71. The van der Waals surface area contributed by atoms with Crippen LogP contribution in [0, 0.1) is 13.8 Å². The first-order valence-corrected chi connectivity index (χ1v) is 9.00. The molecule has 1 aromatic rings. The standard InChI is InChI=1S/C16H28N2O2S/c1-7-9-17-14-10-12(3)15(13(4)11-14)21(19,20)18-16(5,6)8-2/h10-11,17-18H,7-9H2,1-6H3. The molecule has 4 nitrogen and oxygen atoms in total. The Morgan fingerprint density at radius 2 is 1.62 bits per heavy atom. The summed E-state index contributed by atoms with van der Waals surface area (Å²) in [6, 6.07) is 3.80. The number of nitrogens with one attached hydrogen (secondary N) is 2. The van der Waals surface area contributed by atoms with E-state index in [2.05, 4.69) is 17.0 Å². The van der Waals surface area contributed by atoms with Gasteiger partial charge in [-0.2, -0.15) is 0 Å². The van der Waals surface area contributed by atoms with Gasteiger partial charge in [-0.05, 0) is 63.8 Å². The summed E-state index contributed by atoms with van der Waals surface area (Å²) in [6.45, 7) is 12.4. The van der Waals surface area contributed by atoms with E-state index in [4.69, 9.17) is 0 Å². The van der Waals surface area contributed by atoms with E-state index in [1.165, 1.54) is 0 Å². The van der Waals surface area contributed by atoms with Gasteiger partial charge < -0.3 is 5.32 Å². The highest BCUT2D eigenvalue weighted by Crippen LogP contribution is 2.26. The molecule has 5 heteroatoms. The summed E-state index contributed by atoms with van der Waals surface area (Å²) in [4.78, 5) is 0.395. The van der Waals surface area contributed by atoms with Gasteiger partial charge in [0.1, 0.15) is 0 Å². The normalized spacial score (nSPS) is 12.5. The molecule has 0 bridgehead atoms. The van der Waals surface area contributed by atoms with E-state index >= 15 is 0 Å². The molecule has 0 aliphatic heterocycles. The predicted octanol–water partition coefficient (Wildman–Crippen LogP) is 3.59. The summed E-state index contributed by atoms with van der Waals surface area (Å²) < 4.78 is 28.1. The van der Waals surface area contributed by atoms with Crippen molar-refractivity contribution in [2.45, 2.75) is 64.8 Å². The van der Waals surface area contributed by atoms with Crippen LogP contribution in [0.4, 0.5) is 5.69 Å². The van der Waals surface area contributed by atoms with Crippen molar-refractivity contribution in [2.75, 3.05) is 11.9 Å². The van der Waals surface area contributed by atoms with E-state index in [0.29, 0.717) is 4.90 Å². The molecule has 21 heavy (non-hydrogen) atoms. The smallest absolute Gasteiger partial charge is 0.241 e. The molecule has 0 unspecified atom stereocenters. The molecule has 0 radical (unpaired) electrons. The van der Waals surface area contributed by atoms with E-state index in [-0.39, 0.29) is 0 Å². The van der Waals surface area contributed by atoms with Gasteiger partial charge in [0.25, 0.3) is 0 Å². The minimum Gasteiger partial charge on any atom is -0.385 e. The van der Waals surface area contributed by atoms with Gasteiger partial charge in [-0.15, -0.1) is 0 Å². The predicted molar refractivity (Wildman–Crippen MR) is 89.4 cm³/mol. The van der Waals surface area contributed by atoms with Gasteiger partial charge in [0.15, 0.2) is 0 Å². The number of sulfonamides is 1. The van der Waals surface area contributed by atoms with Gasteiger partial charge in [-0.25, -0.2) is 13.1 Å². The molecule has 0 saturated heterocycles. The molecule has 0 atom stereocenters. The van der Waals surface area contributed by atoms with Gasteiger partial charge in [0.2, 0.25) is 10.0 Å². The van der Waals surface area contributed by atoms with Gasteiger partial charge >= 0.3 is 0 Å². The number of rotatable bonds is 7. The summed E-state index contributed by atoms with van der Waals surface area (Å²) in [5.74, 6) is 0. The maximum absolute atomic E-state index is 12.6. The van der Waals surface area contributed by atoms with E-state index in [1.807, 2.05) is 46.8 Å². The Hall–Kier alpha value is -1.07. The summed E-state index contributed by atoms with van der Waals surface area (Å²) in [5, 5.41) is 3.30. The highest BCUT2D eigenvalue weighted by Gasteiger charge is 2.27. The lowest BCUT2D eigenvalue weighted by Gasteiger charge is -2.25. The zero-order chi connectivity index (χ0) is 16.3. The number of benzene rings is 1. The van der Waals surface area contributed by atoms with Gasteiger partial charge in [-0.3, -0.25) is 0 Å². The highest BCUT2D eigenvalue weighted by molar-refractivity contribution is 7.89. The van der Waals surface area contributed by atoms with E-state index in [9.17, 15) is 8.42 Å². The molecule has 120 valence electrons. The zero-order valence-electron chi connectivity index (χ0n) is 14.0. The van der Waals surface area contributed by atoms with Crippen molar-refractivity contribution in [3.05, 3.63) is 23.3 Å². The Balaban J connectivity index is 3.19. The molecule has 0 amide bonds. The summed E-state index contributed by atoms with van der Waals surface area (Å²) in [7, 11) is -3.51. The Bertz CT molecular complexity index is 569. The fraction of sp³-hybridized carbons (Fsp3) is 0.625. The maximum atomic E-state index is 12.6. The molecule has 1 aromatic carbocycles. The van der Waals surface area contributed by atoms with Crippen molar-refractivity contribution < 1.29 is 8.42 Å². The molecule has 0 fully saturated rings. The van der Waals surface area contributed by atoms with Crippen molar-refractivity contribution in [1.29, 1.82) is 0 Å². The first kappa shape index (κ1) is 18.0. The van der Waals surface area contributed by atoms with Crippen LogP contribution in [0.5, 0.6) is 0 Å². The van der Waals surface area contributed by atoms with Crippen LogP contribution >= 0.6 is 0 Å². The average molecular weight is 312 g/mol. The van der Waals surface area contributed by atoms with Gasteiger partial charge in [-0.1, -0.05) is 13.8 Å². The van der Waals surface area contributed by atoms with Crippen LogP contribution < -0.4 is 10.0 Å². The highest BCUT2D eigenvalue weighted by atomic mass is 32.2. The second-order valence-corrected chi connectivity index (χ2v) is 7.83. The van der Waals surface area contributed by atoms with Crippen LogP contribution in [0.3, 0.4) is 0 Å². The van der Waals surface area contributed by atoms with Crippen LogP contribution in [0.15, 0.2) is 17.0 Å². The quantitative estimate of drug-likeness (QED) is 0.809. The molecule has 0 aliphatic carbocycles. The largest absolute Gasteiger partial charge is 0.385 e. The van der Waals surface area contributed by atoms with E-state index < -0.39 is 15.6 Å². The fourth-order valence-electron chi connectivity index (χ4n) is 2.23. The minimum atomic E-state index is -3.51. The van der Waals surface area contributed by atoms with Crippen LogP contribution in [0.2, 0.25) is 0 Å². The average Bonchev–Trinajstić information content (AvgIpc) is 2.33. The first-order valence-electron chi connectivity index (χ1n) is 7.52. The summed E-state index contributed by atoms with van der Waals surface area (Å²) >= 11 is 0. The Morgan fingerprint density at radius 3 is 2.05 bits per heavy atom. The SMILES string of the molecule is CCCNc1cc(C)c(S(=O)(=O)NC(C)(C)CC)c(C)c1. The molecular weight excluding hydrogens is 284 g/mol. The van der Waals surface area contributed by atoms with Crippen LogP contribution in [-0.2, 0) is 10.0 Å². The van der Waals surface area contributed by atoms with Crippen molar-refractivity contribution >= 4 is 15.7 Å². The number of aryl methyl sites for hydroxylation is 2. The Labute approximate surface area is 129 Å². The molecule has 0 heterocycles. The van der Waals surface area contributed by atoms with Crippen molar-refractivity contribution in [3.8, 4) is 0 Å². The molecule has 0 saturated carbocycles. The Morgan fingerprint density at radius 1 is 1.10 bits per heavy atom. The third-order valence-electron chi connectivity index (χ3n) is 3.60. The maximum Gasteiger partial charge on any atom is 0.241 e. The van der Waals surface area contributed by atoms with Crippen molar-refractivity contribution in [1.82, 2.24) is 4.72 Å². The number of hydrogen-bond donors (Lipinski definition) is 2. The number of anilines is 1. The van der Waals surface area contributed by atoms with Crippen LogP contribution in [-0.4, -0.2) is 20.5 Å². The van der Waals surface area contributed by atoms with Crippen LogP contribution in [0.25, 0.3) is 0 Å². The second kappa shape index (κ2) is 6.79. The van der Waals surface area contributed by atoms with Gasteiger partial charge in [0, 0.05) is 17.8 Å².